The molecule has 24 heavy (non-hydrogen) atoms. The molecule has 0 aliphatic carbocycles. The van der Waals surface area contributed by atoms with E-state index in [9.17, 15) is 14.4 Å². The highest BCUT2D eigenvalue weighted by molar-refractivity contribution is 7.98. The van der Waals surface area contributed by atoms with Crippen molar-refractivity contribution in [1.82, 2.24) is 10.6 Å². The monoisotopic (exact) mass is 362 g/mol. The second-order valence-electron chi connectivity index (χ2n) is 5.01. The quantitative estimate of drug-likeness (QED) is 0.128. The lowest BCUT2D eigenvalue weighted by Crippen LogP contribution is -2.48. The zero-order valence-electron chi connectivity index (χ0n) is 13.7. The van der Waals surface area contributed by atoms with Crippen LogP contribution in [-0.2, 0) is 14.4 Å². The molecule has 138 valence electrons. The smallest absolute Gasteiger partial charge is 0.326 e. The second kappa shape index (κ2) is 12.4. The van der Waals surface area contributed by atoms with Gasteiger partial charge < -0.3 is 32.9 Å². The number of nitrogens with two attached hydrogens (primary N) is 3. The van der Waals surface area contributed by atoms with Crippen molar-refractivity contribution < 1.29 is 19.5 Å². The average Bonchev–Trinajstić information content (AvgIpc) is 2.52. The largest absolute Gasteiger partial charge is 0.480 e. The van der Waals surface area contributed by atoms with Crippen LogP contribution in [0.15, 0.2) is 4.99 Å². The van der Waals surface area contributed by atoms with Gasteiger partial charge in [0.1, 0.15) is 6.04 Å². The van der Waals surface area contributed by atoms with E-state index in [0.717, 1.165) is 0 Å². The molecule has 0 aliphatic rings. The predicted molar refractivity (Wildman–Crippen MR) is 93.5 cm³/mol. The summed E-state index contributed by atoms with van der Waals surface area (Å²) in [6.45, 7) is 0.0308. The van der Waals surface area contributed by atoms with Crippen LogP contribution in [0.2, 0.25) is 0 Å². The minimum Gasteiger partial charge on any atom is -0.480 e. The molecule has 0 bridgehead atoms. The van der Waals surface area contributed by atoms with Gasteiger partial charge in [-0.1, -0.05) is 0 Å². The topological polar surface area (TPSA) is 186 Å². The summed E-state index contributed by atoms with van der Waals surface area (Å²) in [4.78, 5) is 38.2. The Labute approximate surface area is 145 Å². The van der Waals surface area contributed by atoms with Gasteiger partial charge >= 0.3 is 5.97 Å². The number of carboxylic acid groups (broad SMARTS) is 1. The summed E-state index contributed by atoms with van der Waals surface area (Å²) < 4.78 is 0. The van der Waals surface area contributed by atoms with E-state index in [2.05, 4.69) is 15.6 Å². The Morgan fingerprint density at radius 1 is 1.25 bits per heavy atom. The minimum atomic E-state index is -1.11. The SMILES string of the molecule is CSCCC(NC(=O)CNC(=O)C(N)CCCN=C(N)N)C(=O)O. The molecule has 9 N–H and O–H groups in total. The summed E-state index contributed by atoms with van der Waals surface area (Å²) in [6, 6.07) is -1.77. The number of nitrogens with zero attached hydrogens (tertiary/aromatic N) is 1. The summed E-state index contributed by atoms with van der Waals surface area (Å²) in [7, 11) is 0. The van der Waals surface area contributed by atoms with Gasteiger partial charge in [-0.2, -0.15) is 11.8 Å². The Bertz CT molecular complexity index is 456. The maximum absolute atomic E-state index is 11.7. The molecule has 0 aromatic rings. The summed E-state index contributed by atoms with van der Waals surface area (Å²) in [5.74, 6) is -1.61. The van der Waals surface area contributed by atoms with E-state index in [1.54, 1.807) is 0 Å². The second-order valence-corrected chi connectivity index (χ2v) is 6.00. The van der Waals surface area contributed by atoms with Crippen molar-refractivity contribution in [2.45, 2.75) is 31.3 Å². The standard InChI is InChI=1S/C13H26N6O4S/c1-24-6-4-9(12(22)23)19-10(20)7-18-11(21)8(14)3-2-5-17-13(15)16/h8-9H,2-7,14H2,1H3,(H,18,21)(H,19,20)(H,22,23)(H4,15,16,17). The number of aliphatic imine (C=N–C) groups is 1. The van der Waals surface area contributed by atoms with E-state index in [1.807, 2.05) is 6.26 Å². The number of hydrogen-bond acceptors (Lipinski definition) is 6. The summed E-state index contributed by atoms with van der Waals surface area (Å²) in [6.07, 6.45) is 3.03. The van der Waals surface area contributed by atoms with Gasteiger partial charge in [-0.15, -0.1) is 0 Å². The van der Waals surface area contributed by atoms with Crippen LogP contribution in [0.4, 0.5) is 0 Å². The molecule has 0 aliphatic heterocycles. The molecule has 2 unspecified atom stereocenters. The highest BCUT2D eigenvalue weighted by Gasteiger charge is 2.20. The molecule has 0 aromatic heterocycles. The fourth-order valence-corrected chi connectivity index (χ4v) is 2.16. The van der Waals surface area contributed by atoms with Crippen molar-refractivity contribution in [2.75, 3.05) is 25.1 Å². The number of guanidine groups is 1. The first-order valence-electron chi connectivity index (χ1n) is 7.37. The molecule has 0 radical (unpaired) electrons. The Morgan fingerprint density at radius 2 is 1.92 bits per heavy atom. The Morgan fingerprint density at radius 3 is 2.46 bits per heavy atom. The predicted octanol–water partition coefficient (Wildman–Crippen LogP) is -2.19. The lowest BCUT2D eigenvalue weighted by molar-refractivity contribution is -0.141. The number of carbonyl (C=O) groups is 3. The van der Waals surface area contributed by atoms with Crippen LogP contribution in [0.25, 0.3) is 0 Å². The molecule has 2 atom stereocenters. The summed E-state index contributed by atoms with van der Waals surface area (Å²) >= 11 is 1.48. The third kappa shape index (κ3) is 10.7. The molecule has 0 fully saturated rings. The van der Waals surface area contributed by atoms with Crippen LogP contribution in [0.5, 0.6) is 0 Å². The molecule has 0 saturated heterocycles. The maximum atomic E-state index is 11.7. The summed E-state index contributed by atoms with van der Waals surface area (Å²) in [5.41, 5.74) is 16.0. The van der Waals surface area contributed by atoms with Crippen LogP contribution in [0.1, 0.15) is 19.3 Å². The van der Waals surface area contributed by atoms with E-state index in [-0.39, 0.29) is 12.5 Å². The molecule has 0 rings (SSSR count). The van der Waals surface area contributed by atoms with Gasteiger partial charge in [0.25, 0.3) is 0 Å². The molecule has 0 spiro atoms. The van der Waals surface area contributed by atoms with Gasteiger partial charge in [0.15, 0.2) is 5.96 Å². The van der Waals surface area contributed by atoms with Crippen molar-refractivity contribution in [3.8, 4) is 0 Å². The zero-order chi connectivity index (χ0) is 18.5. The first-order valence-corrected chi connectivity index (χ1v) is 8.77. The number of amides is 2. The van der Waals surface area contributed by atoms with E-state index in [1.165, 1.54) is 11.8 Å². The minimum absolute atomic E-state index is 0.0286. The third-order valence-electron chi connectivity index (χ3n) is 2.97. The molecule has 0 heterocycles. The highest BCUT2D eigenvalue weighted by Crippen LogP contribution is 2.01. The van der Waals surface area contributed by atoms with Gasteiger partial charge in [-0.3, -0.25) is 14.6 Å². The maximum Gasteiger partial charge on any atom is 0.326 e. The number of aliphatic carboxylic acids is 1. The van der Waals surface area contributed by atoms with Crippen molar-refractivity contribution in [3.05, 3.63) is 0 Å². The van der Waals surface area contributed by atoms with Gasteiger partial charge in [0.05, 0.1) is 12.6 Å². The van der Waals surface area contributed by atoms with Gasteiger partial charge in [-0.05, 0) is 31.3 Å². The molecule has 11 heteroatoms. The third-order valence-corrected chi connectivity index (χ3v) is 3.62. The fourth-order valence-electron chi connectivity index (χ4n) is 1.69. The van der Waals surface area contributed by atoms with E-state index in [0.29, 0.717) is 31.6 Å². The highest BCUT2D eigenvalue weighted by atomic mass is 32.2. The average molecular weight is 362 g/mol. The van der Waals surface area contributed by atoms with E-state index in [4.69, 9.17) is 22.3 Å². The number of hydrogen-bond donors (Lipinski definition) is 6. The van der Waals surface area contributed by atoms with Gasteiger partial charge in [-0.25, -0.2) is 4.79 Å². The van der Waals surface area contributed by atoms with Crippen molar-refractivity contribution in [1.29, 1.82) is 0 Å². The van der Waals surface area contributed by atoms with Crippen LogP contribution in [-0.4, -0.2) is 66.0 Å². The summed E-state index contributed by atoms with van der Waals surface area (Å²) in [5, 5.41) is 13.7. The first kappa shape index (κ1) is 22.0. The number of rotatable bonds is 12. The molecular weight excluding hydrogens is 336 g/mol. The number of thioether (sulfide) groups is 1. The van der Waals surface area contributed by atoms with Crippen molar-refractivity contribution in [3.63, 3.8) is 0 Å². The van der Waals surface area contributed by atoms with Crippen LogP contribution < -0.4 is 27.8 Å². The van der Waals surface area contributed by atoms with Crippen LogP contribution in [0, 0.1) is 0 Å². The molecule has 0 saturated carbocycles. The zero-order valence-corrected chi connectivity index (χ0v) is 14.5. The normalized spacial score (nSPS) is 12.8. The Hall–Kier alpha value is -2.01. The van der Waals surface area contributed by atoms with E-state index >= 15 is 0 Å². The van der Waals surface area contributed by atoms with Gasteiger partial charge in [0, 0.05) is 6.54 Å². The Kier molecular flexibility index (Phi) is 11.4. The number of carboxylic acids is 1. The van der Waals surface area contributed by atoms with Gasteiger partial charge in [0.2, 0.25) is 11.8 Å². The number of nitrogens with one attached hydrogen (secondary N) is 2. The van der Waals surface area contributed by atoms with Crippen LogP contribution in [0.3, 0.4) is 0 Å². The van der Waals surface area contributed by atoms with Crippen molar-refractivity contribution >= 4 is 35.5 Å². The molecule has 10 nitrogen and oxygen atoms in total. The lowest BCUT2D eigenvalue weighted by Gasteiger charge is -2.15. The first-order chi connectivity index (χ1) is 11.3. The Balaban J connectivity index is 4.12. The van der Waals surface area contributed by atoms with E-state index < -0.39 is 29.9 Å². The van der Waals surface area contributed by atoms with Crippen molar-refractivity contribution in [2.24, 2.45) is 22.2 Å². The van der Waals surface area contributed by atoms with Crippen LogP contribution >= 0.6 is 11.8 Å². The molecule has 0 aromatic carbocycles. The number of carbonyl (C=O) groups excluding carboxylic acids is 2. The molecule has 2 amide bonds. The fraction of sp³-hybridized carbons (Fsp3) is 0.692. The molecular formula is C13H26N6O4S. The lowest BCUT2D eigenvalue weighted by atomic mass is 10.1.